The molecule has 0 bridgehead atoms. The molecule has 3 nitrogen and oxygen atoms in total. The number of benzene rings is 2. The van der Waals surface area contributed by atoms with E-state index in [0.717, 1.165) is 32.8 Å². The third-order valence-electron chi connectivity index (χ3n) is 3.92. The molecule has 2 aromatic carbocycles. The fourth-order valence-electron chi connectivity index (χ4n) is 2.63. The molecule has 0 radical (unpaired) electrons. The Balaban J connectivity index is 1.97. The number of para-hydroxylation sites is 1. The zero-order valence-electron chi connectivity index (χ0n) is 15.1. The van der Waals surface area contributed by atoms with Crippen LogP contribution < -0.4 is 10.1 Å². The van der Waals surface area contributed by atoms with Crippen LogP contribution in [0.15, 0.2) is 40.9 Å². The lowest BCUT2D eigenvalue weighted by Crippen LogP contribution is -2.16. The van der Waals surface area contributed by atoms with Gasteiger partial charge in [0.15, 0.2) is 0 Å². The smallest absolute Gasteiger partial charge is 0.234 e. The Morgan fingerprint density at radius 2 is 2.04 bits per heavy atom. The molecule has 25 heavy (non-hydrogen) atoms. The highest BCUT2D eigenvalue weighted by Gasteiger charge is 2.12. The Kier molecular flexibility index (Phi) is 7.38. The van der Waals surface area contributed by atoms with Gasteiger partial charge < -0.3 is 10.1 Å². The lowest BCUT2D eigenvalue weighted by atomic mass is 9.98. The highest BCUT2D eigenvalue weighted by Crippen LogP contribution is 2.29. The zero-order chi connectivity index (χ0) is 18.4. The van der Waals surface area contributed by atoms with Gasteiger partial charge in [0.05, 0.1) is 12.9 Å². The molecule has 2 aromatic rings. The van der Waals surface area contributed by atoms with Crippen LogP contribution in [-0.2, 0) is 10.5 Å². The summed E-state index contributed by atoms with van der Waals surface area (Å²) < 4.78 is 6.39. The first-order valence-electron chi connectivity index (χ1n) is 8.22. The maximum Gasteiger partial charge on any atom is 0.234 e. The van der Waals surface area contributed by atoms with Gasteiger partial charge in [-0.2, -0.15) is 0 Å². The molecule has 0 heterocycles. The topological polar surface area (TPSA) is 38.3 Å². The summed E-state index contributed by atoms with van der Waals surface area (Å²) in [7, 11) is 1.66. The van der Waals surface area contributed by atoms with Crippen LogP contribution in [0.25, 0.3) is 0 Å². The second kappa shape index (κ2) is 9.30. The Morgan fingerprint density at radius 3 is 2.72 bits per heavy atom. The number of methoxy groups -OCH3 is 1. The van der Waals surface area contributed by atoms with Crippen LogP contribution in [0.2, 0.25) is 0 Å². The van der Waals surface area contributed by atoms with Gasteiger partial charge in [0.1, 0.15) is 5.75 Å². The summed E-state index contributed by atoms with van der Waals surface area (Å²) >= 11 is 5.06. The molecule has 0 aromatic heterocycles. The van der Waals surface area contributed by atoms with Gasteiger partial charge in [-0.3, -0.25) is 4.79 Å². The monoisotopic (exact) mass is 421 g/mol. The number of halogens is 1. The molecule has 1 amide bonds. The fourth-order valence-corrected chi connectivity index (χ4v) is 3.85. The number of rotatable bonds is 7. The summed E-state index contributed by atoms with van der Waals surface area (Å²) in [6.45, 7) is 6.30. The van der Waals surface area contributed by atoms with E-state index in [1.54, 1.807) is 18.9 Å². The molecule has 2 rings (SSSR count). The third kappa shape index (κ3) is 5.51. The quantitative estimate of drug-likeness (QED) is 0.617. The maximum atomic E-state index is 12.4. The Hall–Kier alpha value is -1.46. The summed E-state index contributed by atoms with van der Waals surface area (Å²) in [6, 6.07) is 12.1. The number of amides is 1. The second-order valence-electron chi connectivity index (χ2n) is 6.19. The van der Waals surface area contributed by atoms with E-state index in [9.17, 15) is 4.79 Å². The normalized spacial score (nSPS) is 10.8. The maximum absolute atomic E-state index is 12.4. The molecule has 0 saturated heterocycles. The summed E-state index contributed by atoms with van der Waals surface area (Å²) in [5, 5.41) is 3.09. The minimum atomic E-state index is 0.0233. The van der Waals surface area contributed by atoms with E-state index in [2.05, 4.69) is 41.2 Å². The zero-order valence-corrected chi connectivity index (χ0v) is 17.5. The standard InChI is InChI=1S/C20H24BrNO2S/c1-13(2)17-7-5-6-14(3)20(17)22-19(23)12-25-11-15-10-16(21)8-9-18(15)24-4/h5-10,13H,11-12H2,1-4H3,(H,22,23). The van der Waals surface area contributed by atoms with Crippen LogP contribution in [0.3, 0.4) is 0 Å². The molecular weight excluding hydrogens is 398 g/mol. The Bertz CT molecular complexity index is 746. The van der Waals surface area contributed by atoms with Crippen molar-refractivity contribution in [1.82, 2.24) is 0 Å². The number of hydrogen-bond acceptors (Lipinski definition) is 3. The van der Waals surface area contributed by atoms with E-state index in [4.69, 9.17) is 4.74 Å². The minimum absolute atomic E-state index is 0.0233. The number of aryl methyl sites for hydroxylation is 1. The van der Waals surface area contributed by atoms with Crippen molar-refractivity contribution in [3.05, 3.63) is 57.6 Å². The highest BCUT2D eigenvalue weighted by atomic mass is 79.9. The van der Waals surface area contributed by atoms with Gasteiger partial charge in [-0.15, -0.1) is 11.8 Å². The number of carbonyl (C=O) groups is 1. The predicted octanol–water partition coefficient (Wildman–Crippen LogP) is 5.76. The largest absolute Gasteiger partial charge is 0.496 e. The van der Waals surface area contributed by atoms with E-state index in [0.29, 0.717) is 11.7 Å². The van der Waals surface area contributed by atoms with Crippen molar-refractivity contribution in [2.45, 2.75) is 32.4 Å². The molecule has 134 valence electrons. The van der Waals surface area contributed by atoms with Crippen molar-refractivity contribution in [2.24, 2.45) is 0 Å². The van der Waals surface area contributed by atoms with Crippen LogP contribution in [0.4, 0.5) is 5.69 Å². The first-order valence-corrected chi connectivity index (χ1v) is 10.2. The van der Waals surface area contributed by atoms with E-state index < -0.39 is 0 Å². The van der Waals surface area contributed by atoms with Crippen molar-refractivity contribution in [3.8, 4) is 5.75 Å². The summed E-state index contributed by atoms with van der Waals surface area (Å²) in [5.74, 6) is 2.36. The number of carbonyl (C=O) groups excluding carboxylic acids is 1. The van der Waals surface area contributed by atoms with E-state index >= 15 is 0 Å². The summed E-state index contributed by atoms with van der Waals surface area (Å²) in [4.78, 5) is 12.4. The average molecular weight is 422 g/mol. The van der Waals surface area contributed by atoms with Crippen LogP contribution in [0.1, 0.15) is 36.5 Å². The molecular formula is C20H24BrNO2S. The fraction of sp³-hybridized carbons (Fsp3) is 0.350. The highest BCUT2D eigenvalue weighted by molar-refractivity contribution is 9.10. The van der Waals surface area contributed by atoms with Gasteiger partial charge in [-0.05, 0) is 42.2 Å². The molecule has 0 aliphatic rings. The Labute approximate surface area is 162 Å². The number of anilines is 1. The van der Waals surface area contributed by atoms with Gasteiger partial charge in [0, 0.05) is 21.5 Å². The van der Waals surface area contributed by atoms with Crippen molar-refractivity contribution in [2.75, 3.05) is 18.2 Å². The van der Waals surface area contributed by atoms with Gasteiger partial charge in [0.25, 0.3) is 0 Å². The molecule has 1 N–H and O–H groups in total. The number of thioether (sulfide) groups is 1. The van der Waals surface area contributed by atoms with Crippen molar-refractivity contribution in [1.29, 1.82) is 0 Å². The number of ether oxygens (including phenoxy) is 1. The predicted molar refractivity (Wildman–Crippen MR) is 111 cm³/mol. The molecule has 0 saturated carbocycles. The first kappa shape index (κ1) is 19.9. The SMILES string of the molecule is COc1ccc(Br)cc1CSCC(=O)Nc1c(C)cccc1C(C)C. The van der Waals surface area contributed by atoms with Crippen LogP contribution in [0, 0.1) is 6.92 Å². The lowest BCUT2D eigenvalue weighted by molar-refractivity contribution is -0.113. The van der Waals surface area contributed by atoms with Crippen LogP contribution in [-0.4, -0.2) is 18.8 Å². The second-order valence-corrected chi connectivity index (χ2v) is 8.09. The molecule has 0 aliphatic carbocycles. The molecule has 0 atom stereocenters. The molecule has 0 spiro atoms. The summed E-state index contributed by atoms with van der Waals surface area (Å²) in [5.41, 5.74) is 4.29. The van der Waals surface area contributed by atoms with Gasteiger partial charge >= 0.3 is 0 Å². The lowest BCUT2D eigenvalue weighted by Gasteiger charge is -2.16. The first-order chi connectivity index (χ1) is 11.9. The van der Waals surface area contributed by atoms with Crippen LogP contribution >= 0.6 is 27.7 Å². The van der Waals surface area contributed by atoms with Crippen molar-refractivity contribution in [3.63, 3.8) is 0 Å². The van der Waals surface area contributed by atoms with E-state index in [1.165, 1.54) is 5.56 Å². The minimum Gasteiger partial charge on any atom is -0.496 e. The van der Waals surface area contributed by atoms with Gasteiger partial charge in [-0.1, -0.05) is 48.0 Å². The van der Waals surface area contributed by atoms with E-state index in [1.807, 2.05) is 37.3 Å². The molecule has 0 fully saturated rings. The Morgan fingerprint density at radius 1 is 1.28 bits per heavy atom. The molecule has 0 unspecified atom stereocenters. The van der Waals surface area contributed by atoms with Crippen LogP contribution in [0.5, 0.6) is 5.75 Å². The summed E-state index contributed by atoms with van der Waals surface area (Å²) in [6.07, 6.45) is 0. The third-order valence-corrected chi connectivity index (χ3v) is 5.40. The van der Waals surface area contributed by atoms with Gasteiger partial charge in [-0.25, -0.2) is 0 Å². The van der Waals surface area contributed by atoms with Gasteiger partial charge in [0.2, 0.25) is 5.91 Å². The van der Waals surface area contributed by atoms with Crippen molar-refractivity contribution >= 4 is 39.3 Å². The van der Waals surface area contributed by atoms with Crippen molar-refractivity contribution < 1.29 is 9.53 Å². The van der Waals surface area contributed by atoms with E-state index in [-0.39, 0.29) is 5.91 Å². The average Bonchev–Trinajstić information content (AvgIpc) is 2.56. The number of nitrogens with one attached hydrogen (secondary N) is 1. The molecule has 0 aliphatic heterocycles. The number of hydrogen-bond donors (Lipinski definition) is 1. The molecule has 5 heteroatoms.